The summed E-state index contributed by atoms with van der Waals surface area (Å²) < 4.78 is 27.1. The van der Waals surface area contributed by atoms with E-state index in [9.17, 15) is 4.79 Å². The van der Waals surface area contributed by atoms with Crippen LogP contribution in [-0.4, -0.2) is 46.3 Å². The Balaban J connectivity index is 2.02. The van der Waals surface area contributed by atoms with Crippen molar-refractivity contribution in [1.29, 1.82) is 0 Å². The molecule has 2 atom stereocenters. The molecule has 0 spiro atoms. The molecule has 0 aromatic heterocycles. The van der Waals surface area contributed by atoms with E-state index in [1.165, 1.54) is 28.4 Å². The van der Waals surface area contributed by atoms with Gasteiger partial charge >= 0.3 is 5.97 Å². The number of aryl methyl sites for hydroxylation is 1. The summed E-state index contributed by atoms with van der Waals surface area (Å²) in [4.78, 5) is 16.8. The first-order chi connectivity index (χ1) is 13.5. The Bertz CT molecular complexity index is 865. The van der Waals surface area contributed by atoms with Crippen LogP contribution in [-0.2, 0) is 14.3 Å². The number of nitrogens with zero attached hydrogens (tertiary/aromatic N) is 1. The molecule has 7 nitrogen and oxygen atoms in total. The van der Waals surface area contributed by atoms with Crippen LogP contribution in [0.4, 0.5) is 0 Å². The normalized spacial score (nSPS) is 18.1. The van der Waals surface area contributed by atoms with Crippen molar-refractivity contribution in [3.63, 3.8) is 0 Å². The first-order valence-electron chi connectivity index (χ1n) is 8.71. The van der Waals surface area contributed by atoms with Crippen LogP contribution in [0, 0.1) is 6.92 Å². The zero-order chi connectivity index (χ0) is 20.3. The standard InChI is InChI=1S/C21H23NO6/c1-12-6-8-13(9-7-12)18-17(21(23)27-5)22-20(28-18)14-10-15(24-2)19(26-4)16(11-14)25-3/h6-11,17-18H,1-5H3/t17-,18+/m1/s1. The van der Waals surface area contributed by atoms with Crippen molar-refractivity contribution in [2.24, 2.45) is 4.99 Å². The average Bonchev–Trinajstić information content (AvgIpc) is 3.18. The van der Waals surface area contributed by atoms with E-state index in [0.29, 0.717) is 28.7 Å². The molecule has 3 rings (SSSR count). The maximum Gasteiger partial charge on any atom is 0.335 e. The van der Waals surface area contributed by atoms with Crippen LogP contribution >= 0.6 is 0 Å². The summed E-state index contributed by atoms with van der Waals surface area (Å²) in [6, 6.07) is 10.4. The molecule has 0 amide bonds. The largest absolute Gasteiger partial charge is 0.493 e. The third-order valence-corrected chi connectivity index (χ3v) is 4.54. The van der Waals surface area contributed by atoms with Gasteiger partial charge in [-0.3, -0.25) is 0 Å². The summed E-state index contributed by atoms with van der Waals surface area (Å²) in [5.74, 6) is 1.24. The molecule has 1 aliphatic rings. The summed E-state index contributed by atoms with van der Waals surface area (Å²) in [7, 11) is 5.93. The van der Waals surface area contributed by atoms with Crippen LogP contribution in [0.5, 0.6) is 17.2 Å². The second-order valence-electron chi connectivity index (χ2n) is 6.27. The third kappa shape index (κ3) is 3.60. The van der Waals surface area contributed by atoms with E-state index in [4.69, 9.17) is 23.7 Å². The Morgan fingerprint density at radius 2 is 1.57 bits per heavy atom. The second kappa shape index (κ2) is 8.21. The molecule has 0 fully saturated rings. The van der Waals surface area contributed by atoms with E-state index in [2.05, 4.69) is 4.99 Å². The van der Waals surface area contributed by atoms with Crippen LogP contribution in [0.25, 0.3) is 0 Å². The number of hydrogen-bond acceptors (Lipinski definition) is 7. The van der Waals surface area contributed by atoms with Crippen molar-refractivity contribution in [1.82, 2.24) is 0 Å². The van der Waals surface area contributed by atoms with Crippen LogP contribution in [0.15, 0.2) is 41.4 Å². The molecule has 0 bridgehead atoms. The first-order valence-corrected chi connectivity index (χ1v) is 8.71. The lowest BCUT2D eigenvalue weighted by atomic mass is 10.0. The number of esters is 1. The summed E-state index contributed by atoms with van der Waals surface area (Å²) in [5.41, 5.74) is 2.56. The number of ether oxygens (including phenoxy) is 5. The molecule has 0 saturated heterocycles. The number of methoxy groups -OCH3 is 4. The molecule has 2 aromatic rings. The third-order valence-electron chi connectivity index (χ3n) is 4.54. The molecule has 0 aliphatic carbocycles. The Kier molecular flexibility index (Phi) is 5.73. The van der Waals surface area contributed by atoms with Gasteiger partial charge in [0, 0.05) is 5.56 Å². The highest BCUT2D eigenvalue weighted by Crippen LogP contribution is 2.40. The highest BCUT2D eigenvalue weighted by molar-refractivity contribution is 5.99. The molecule has 0 radical (unpaired) electrons. The van der Waals surface area contributed by atoms with E-state index in [0.717, 1.165) is 11.1 Å². The molecule has 1 aliphatic heterocycles. The molecule has 7 heteroatoms. The van der Waals surface area contributed by atoms with Gasteiger partial charge in [-0.1, -0.05) is 29.8 Å². The number of hydrogen-bond donors (Lipinski definition) is 0. The SMILES string of the molecule is COC(=O)[C@@H]1N=C(c2cc(OC)c(OC)c(OC)c2)O[C@H]1c1ccc(C)cc1. The minimum atomic E-state index is -0.804. The molecule has 0 saturated carbocycles. The lowest BCUT2D eigenvalue weighted by molar-refractivity contribution is -0.143. The second-order valence-corrected chi connectivity index (χ2v) is 6.27. The van der Waals surface area contributed by atoms with Crippen LogP contribution in [0.3, 0.4) is 0 Å². The summed E-state index contributed by atoms with van der Waals surface area (Å²) >= 11 is 0. The van der Waals surface area contributed by atoms with Gasteiger partial charge < -0.3 is 23.7 Å². The zero-order valence-corrected chi connectivity index (χ0v) is 16.5. The fourth-order valence-electron chi connectivity index (χ4n) is 3.06. The van der Waals surface area contributed by atoms with Crippen molar-refractivity contribution in [2.75, 3.05) is 28.4 Å². The molecule has 0 unspecified atom stereocenters. The van der Waals surface area contributed by atoms with Crippen molar-refractivity contribution in [2.45, 2.75) is 19.1 Å². The van der Waals surface area contributed by atoms with Crippen molar-refractivity contribution >= 4 is 11.9 Å². The number of rotatable bonds is 6. The number of carbonyl (C=O) groups is 1. The van der Waals surface area contributed by atoms with Crippen molar-refractivity contribution in [3.8, 4) is 17.2 Å². The molecular formula is C21H23NO6. The van der Waals surface area contributed by atoms with Gasteiger partial charge in [0.25, 0.3) is 0 Å². The molecule has 2 aromatic carbocycles. The van der Waals surface area contributed by atoms with E-state index in [1.807, 2.05) is 31.2 Å². The van der Waals surface area contributed by atoms with Gasteiger partial charge in [-0.15, -0.1) is 0 Å². The summed E-state index contributed by atoms with van der Waals surface area (Å²) in [6.45, 7) is 1.99. The topological polar surface area (TPSA) is 75.6 Å². The Hall–Kier alpha value is -3.22. The average molecular weight is 385 g/mol. The fraction of sp³-hybridized carbons (Fsp3) is 0.333. The van der Waals surface area contributed by atoms with Gasteiger partial charge in [-0.2, -0.15) is 0 Å². The number of carbonyl (C=O) groups excluding carboxylic acids is 1. The van der Waals surface area contributed by atoms with E-state index in [-0.39, 0.29) is 0 Å². The Morgan fingerprint density at radius 3 is 2.07 bits per heavy atom. The van der Waals surface area contributed by atoms with Gasteiger partial charge in [0.05, 0.1) is 28.4 Å². The van der Waals surface area contributed by atoms with Crippen molar-refractivity contribution < 1.29 is 28.5 Å². The number of aliphatic imine (C=N–C) groups is 1. The van der Waals surface area contributed by atoms with Gasteiger partial charge in [-0.05, 0) is 24.6 Å². The molecule has 148 valence electrons. The van der Waals surface area contributed by atoms with E-state index < -0.39 is 18.1 Å². The number of benzene rings is 2. The predicted molar refractivity (Wildman–Crippen MR) is 103 cm³/mol. The fourth-order valence-corrected chi connectivity index (χ4v) is 3.06. The molecular weight excluding hydrogens is 362 g/mol. The van der Waals surface area contributed by atoms with E-state index >= 15 is 0 Å². The summed E-state index contributed by atoms with van der Waals surface area (Å²) in [6.07, 6.45) is -0.581. The highest BCUT2D eigenvalue weighted by atomic mass is 16.5. The minimum Gasteiger partial charge on any atom is -0.493 e. The quantitative estimate of drug-likeness (QED) is 0.712. The van der Waals surface area contributed by atoms with Gasteiger partial charge in [0.15, 0.2) is 23.6 Å². The lowest BCUT2D eigenvalue weighted by Crippen LogP contribution is -2.25. The lowest BCUT2D eigenvalue weighted by Gasteiger charge is -2.17. The summed E-state index contributed by atoms with van der Waals surface area (Å²) in [5, 5.41) is 0. The first kappa shape index (κ1) is 19.5. The van der Waals surface area contributed by atoms with Crippen LogP contribution < -0.4 is 14.2 Å². The van der Waals surface area contributed by atoms with Gasteiger partial charge in [-0.25, -0.2) is 9.79 Å². The minimum absolute atomic E-state index is 0.306. The highest BCUT2D eigenvalue weighted by Gasteiger charge is 2.39. The van der Waals surface area contributed by atoms with Crippen LogP contribution in [0.2, 0.25) is 0 Å². The Labute approximate surface area is 163 Å². The van der Waals surface area contributed by atoms with Crippen molar-refractivity contribution in [3.05, 3.63) is 53.1 Å². The maximum atomic E-state index is 12.3. The molecule has 28 heavy (non-hydrogen) atoms. The smallest absolute Gasteiger partial charge is 0.335 e. The monoisotopic (exact) mass is 385 g/mol. The maximum absolute atomic E-state index is 12.3. The van der Waals surface area contributed by atoms with E-state index in [1.54, 1.807) is 12.1 Å². The van der Waals surface area contributed by atoms with Gasteiger partial charge in [0.2, 0.25) is 11.6 Å². The molecule has 0 N–H and O–H groups in total. The Morgan fingerprint density at radius 1 is 0.964 bits per heavy atom. The zero-order valence-electron chi connectivity index (χ0n) is 16.5. The van der Waals surface area contributed by atoms with Gasteiger partial charge in [0.1, 0.15) is 0 Å². The molecule has 1 heterocycles. The van der Waals surface area contributed by atoms with Crippen LogP contribution in [0.1, 0.15) is 22.8 Å². The predicted octanol–water partition coefficient (Wildman–Crippen LogP) is 3.08.